The second-order valence-corrected chi connectivity index (χ2v) is 10.9. The summed E-state index contributed by atoms with van der Waals surface area (Å²) in [6.45, 7) is 5.40. The number of benzene rings is 2. The minimum atomic E-state index is 0.583. The molecule has 0 spiro atoms. The highest BCUT2D eigenvalue weighted by atomic mass is 16.5. The molecule has 0 N–H and O–H groups in total. The normalized spacial score (nSPS) is 16.7. The third-order valence-electron chi connectivity index (χ3n) is 8.11. The van der Waals surface area contributed by atoms with Crippen LogP contribution < -0.4 is 19.4 Å². The van der Waals surface area contributed by atoms with Gasteiger partial charge in [0.15, 0.2) is 11.6 Å². The smallest absolute Gasteiger partial charge is 0.228 e. The van der Waals surface area contributed by atoms with E-state index >= 15 is 0 Å². The van der Waals surface area contributed by atoms with Crippen molar-refractivity contribution >= 4 is 39.4 Å². The monoisotopic (exact) mass is 542 g/mol. The molecule has 0 amide bonds. The molecule has 2 aromatic heterocycles. The van der Waals surface area contributed by atoms with Crippen LogP contribution >= 0.6 is 0 Å². The van der Waals surface area contributed by atoms with E-state index in [9.17, 15) is 0 Å². The first kappa shape index (κ1) is 26.5. The number of aromatic nitrogens is 4. The molecule has 10 nitrogen and oxygen atoms in total. The summed E-state index contributed by atoms with van der Waals surface area (Å²) in [5.74, 6) is 3.28. The summed E-state index contributed by atoms with van der Waals surface area (Å²) in [7, 11) is 8.10. The Kier molecular flexibility index (Phi) is 7.53. The molecular weight excluding hydrogens is 504 g/mol. The Bertz CT molecular complexity index is 1480. The molecule has 4 heterocycles. The minimum absolute atomic E-state index is 0.583. The van der Waals surface area contributed by atoms with E-state index in [-0.39, 0.29) is 0 Å². The molecule has 210 valence electrons. The number of hydrogen-bond acceptors (Lipinski definition) is 10. The van der Waals surface area contributed by atoms with Gasteiger partial charge in [0.25, 0.3) is 0 Å². The Hall–Kier alpha value is -3.76. The number of hydrogen-bond donors (Lipinski definition) is 0. The summed E-state index contributed by atoms with van der Waals surface area (Å²) in [6, 6.07) is 13.2. The van der Waals surface area contributed by atoms with E-state index in [1.165, 1.54) is 0 Å². The van der Waals surface area contributed by atoms with E-state index in [0.29, 0.717) is 25.8 Å². The zero-order valence-electron chi connectivity index (χ0n) is 23.9. The van der Waals surface area contributed by atoms with E-state index in [1.54, 1.807) is 13.4 Å². The lowest BCUT2D eigenvalue weighted by Gasteiger charge is -2.36. The van der Waals surface area contributed by atoms with Crippen molar-refractivity contribution in [3.63, 3.8) is 0 Å². The Morgan fingerprint density at radius 3 is 2.45 bits per heavy atom. The first-order chi connectivity index (χ1) is 19.5. The number of rotatable bonds is 7. The van der Waals surface area contributed by atoms with Crippen molar-refractivity contribution in [1.82, 2.24) is 24.8 Å². The van der Waals surface area contributed by atoms with Gasteiger partial charge in [0.05, 0.1) is 20.3 Å². The van der Waals surface area contributed by atoms with Crippen LogP contribution in [-0.4, -0.2) is 98.5 Å². The van der Waals surface area contributed by atoms with Gasteiger partial charge in [-0.25, -0.2) is 15.0 Å². The number of methoxy groups -OCH3 is 1. The van der Waals surface area contributed by atoms with Crippen LogP contribution in [0.1, 0.15) is 18.4 Å². The van der Waals surface area contributed by atoms with Gasteiger partial charge in [-0.3, -0.25) is 0 Å². The molecule has 0 unspecified atom stereocenters. The van der Waals surface area contributed by atoms with E-state index in [2.05, 4.69) is 71.1 Å². The molecule has 2 saturated heterocycles. The second-order valence-electron chi connectivity index (χ2n) is 10.9. The molecule has 6 rings (SSSR count). The fourth-order valence-electron chi connectivity index (χ4n) is 5.85. The lowest BCUT2D eigenvalue weighted by atomic mass is 10.0. The molecule has 0 aliphatic carbocycles. The number of anilines is 3. The number of piperidine rings is 1. The Balaban J connectivity index is 1.38. The molecule has 2 aliphatic heterocycles. The second kappa shape index (κ2) is 11.4. The van der Waals surface area contributed by atoms with Crippen LogP contribution in [0.2, 0.25) is 0 Å². The van der Waals surface area contributed by atoms with Crippen LogP contribution in [0.25, 0.3) is 21.8 Å². The molecule has 10 heteroatoms. The first-order valence-electron chi connectivity index (χ1n) is 14.1. The Morgan fingerprint density at radius 2 is 1.70 bits per heavy atom. The molecule has 2 fully saturated rings. The SMILES string of the molecule is COc1cc(CN(C)c2ncnc3c(N4CCOCC4)nc(N4CCC(N(C)C)CC4)nc23)cc2ccccc12. The summed E-state index contributed by atoms with van der Waals surface area (Å²) in [5.41, 5.74) is 2.69. The van der Waals surface area contributed by atoms with Gasteiger partial charge < -0.3 is 29.1 Å². The molecule has 2 aromatic carbocycles. The largest absolute Gasteiger partial charge is 0.496 e. The maximum atomic E-state index is 5.72. The van der Waals surface area contributed by atoms with Gasteiger partial charge in [0.1, 0.15) is 23.1 Å². The fourth-order valence-corrected chi connectivity index (χ4v) is 5.85. The van der Waals surface area contributed by atoms with Gasteiger partial charge in [-0.05, 0) is 50.0 Å². The van der Waals surface area contributed by atoms with E-state index in [1.807, 2.05) is 6.07 Å². The van der Waals surface area contributed by atoms with Crippen LogP contribution in [0.4, 0.5) is 17.6 Å². The fraction of sp³-hybridized carbons (Fsp3) is 0.467. The Morgan fingerprint density at radius 1 is 0.925 bits per heavy atom. The maximum Gasteiger partial charge on any atom is 0.228 e. The molecule has 40 heavy (non-hydrogen) atoms. The quantitative estimate of drug-likeness (QED) is 0.346. The summed E-state index contributed by atoms with van der Waals surface area (Å²) in [6.07, 6.45) is 3.80. The van der Waals surface area contributed by atoms with Crippen LogP contribution in [0.15, 0.2) is 42.7 Å². The molecular formula is C30H38N8O2. The number of morpholine rings is 1. The number of nitrogens with zero attached hydrogens (tertiary/aromatic N) is 8. The van der Waals surface area contributed by atoms with Gasteiger partial charge in [-0.15, -0.1) is 0 Å². The lowest BCUT2D eigenvalue weighted by molar-refractivity contribution is 0.122. The van der Waals surface area contributed by atoms with Crippen molar-refractivity contribution in [2.75, 3.05) is 82.3 Å². The van der Waals surface area contributed by atoms with Crippen molar-refractivity contribution in [1.29, 1.82) is 0 Å². The van der Waals surface area contributed by atoms with E-state index in [0.717, 1.165) is 89.7 Å². The summed E-state index contributed by atoms with van der Waals surface area (Å²) in [4.78, 5) is 28.7. The topological polar surface area (TPSA) is 83.0 Å². The van der Waals surface area contributed by atoms with Crippen molar-refractivity contribution in [3.8, 4) is 5.75 Å². The molecule has 0 atom stereocenters. The van der Waals surface area contributed by atoms with Gasteiger partial charge in [0, 0.05) is 51.2 Å². The number of ether oxygens (including phenoxy) is 2. The van der Waals surface area contributed by atoms with Gasteiger partial charge in [-0.2, -0.15) is 4.98 Å². The third-order valence-corrected chi connectivity index (χ3v) is 8.11. The Labute approximate surface area is 235 Å². The zero-order valence-corrected chi connectivity index (χ0v) is 23.9. The van der Waals surface area contributed by atoms with Crippen LogP contribution in [0.3, 0.4) is 0 Å². The van der Waals surface area contributed by atoms with Crippen LogP contribution in [0.5, 0.6) is 5.75 Å². The molecule has 0 radical (unpaired) electrons. The average Bonchev–Trinajstić information content (AvgIpc) is 3.00. The predicted molar refractivity (Wildman–Crippen MR) is 160 cm³/mol. The van der Waals surface area contributed by atoms with Crippen molar-refractivity contribution in [2.45, 2.75) is 25.4 Å². The summed E-state index contributed by atoms with van der Waals surface area (Å²) < 4.78 is 11.4. The molecule has 0 bridgehead atoms. The standard InChI is InChI=1S/C30H38N8O2/c1-35(2)23-9-11-38(12-10-23)30-33-27-26(29(34-30)37-13-15-40-16-14-37)31-20-32-28(27)36(3)19-21-17-22-7-5-6-8-24(22)25(18-21)39-4/h5-8,17-18,20,23H,9-16,19H2,1-4H3. The number of fused-ring (bicyclic) bond motifs is 2. The van der Waals surface area contributed by atoms with Crippen molar-refractivity contribution in [3.05, 3.63) is 48.3 Å². The maximum absolute atomic E-state index is 5.72. The first-order valence-corrected chi connectivity index (χ1v) is 14.1. The molecule has 4 aromatic rings. The van der Waals surface area contributed by atoms with Crippen LogP contribution in [-0.2, 0) is 11.3 Å². The molecule has 2 aliphatic rings. The minimum Gasteiger partial charge on any atom is -0.496 e. The van der Waals surface area contributed by atoms with Gasteiger partial charge in [0.2, 0.25) is 5.95 Å². The van der Waals surface area contributed by atoms with Crippen molar-refractivity contribution in [2.24, 2.45) is 0 Å². The van der Waals surface area contributed by atoms with Gasteiger partial charge >= 0.3 is 0 Å². The van der Waals surface area contributed by atoms with E-state index in [4.69, 9.17) is 29.4 Å². The van der Waals surface area contributed by atoms with E-state index < -0.39 is 0 Å². The highest BCUT2D eigenvalue weighted by Gasteiger charge is 2.26. The van der Waals surface area contributed by atoms with Crippen LogP contribution in [0, 0.1) is 0 Å². The van der Waals surface area contributed by atoms with Crippen molar-refractivity contribution < 1.29 is 9.47 Å². The third kappa shape index (κ3) is 5.21. The zero-order chi connectivity index (χ0) is 27.6. The highest BCUT2D eigenvalue weighted by Crippen LogP contribution is 2.33. The average molecular weight is 543 g/mol. The summed E-state index contributed by atoms with van der Waals surface area (Å²) in [5, 5.41) is 2.26. The van der Waals surface area contributed by atoms with Gasteiger partial charge in [-0.1, -0.05) is 24.3 Å². The molecule has 0 saturated carbocycles. The summed E-state index contributed by atoms with van der Waals surface area (Å²) >= 11 is 0. The predicted octanol–water partition coefficient (Wildman–Crippen LogP) is 3.59. The lowest BCUT2D eigenvalue weighted by Crippen LogP contribution is -2.43. The highest BCUT2D eigenvalue weighted by molar-refractivity contribution is 5.94.